The molecule has 148 valence electrons. The van der Waals surface area contributed by atoms with E-state index in [4.69, 9.17) is 4.42 Å². The van der Waals surface area contributed by atoms with E-state index in [1.807, 2.05) is 0 Å². The number of benzene rings is 2. The van der Waals surface area contributed by atoms with Gasteiger partial charge in [-0.15, -0.1) is 11.8 Å². The smallest absolute Gasteiger partial charge is 0.305 e. The molecule has 0 fully saturated rings. The number of halogens is 1. The zero-order chi connectivity index (χ0) is 20.8. The Hall–Kier alpha value is -3.66. The molecule has 0 atom stereocenters. The van der Waals surface area contributed by atoms with E-state index >= 15 is 0 Å². The number of rotatable bonds is 6. The van der Waals surface area contributed by atoms with Crippen molar-refractivity contribution in [1.29, 1.82) is 0 Å². The van der Waals surface area contributed by atoms with Crippen LogP contribution < -0.4 is 10.9 Å². The first-order valence-electron chi connectivity index (χ1n) is 8.24. The lowest BCUT2D eigenvalue weighted by Gasteiger charge is -2.08. The van der Waals surface area contributed by atoms with Gasteiger partial charge in [-0.1, -0.05) is 12.1 Å². The Labute approximate surface area is 168 Å². The van der Waals surface area contributed by atoms with E-state index in [1.165, 1.54) is 42.7 Å². The molecular formula is C19H14FN3O5S. The maximum absolute atomic E-state index is 13.3. The van der Waals surface area contributed by atoms with Crippen LogP contribution in [0.1, 0.15) is 26.5 Å². The van der Waals surface area contributed by atoms with Gasteiger partial charge in [0.25, 0.3) is 11.6 Å². The highest BCUT2D eigenvalue weighted by Crippen LogP contribution is 2.32. The number of nitrogens with zero attached hydrogens (tertiary/aromatic N) is 1. The summed E-state index contributed by atoms with van der Waals surface area (Å²) in [6, 6.07) is 12.8. The molecule has 8 nitrogen and oxygen atoms in total. The second kappa shape index (κ2) is 9.02. The topological polar surface area (TPSA) is 114 Å². The number of hydrogen-bond acceptors (Lipinski definition) is 6. The van der Waals surface area contributed by atoms with Gasteiger partial charge >= 0.3 is 5.91 Å². The average Bonchev–Trinajstić information content (AvgIpc) is 3.25. The van der Waals surface area contributed by atoms with Gasteiger partial charge in [0.2, 0.25) is 0 Å². The molecule has 0 bridgehead atoms. The highest BCUT2D eigenvalue weighted by Gasteiger charge is 2.19. The molecule has 0 saturated heterocycles. The zero-order valence-corrected chi connectivity index (χ0v) is 15.6. The molecule has 1 heterocycles. The minimum atomic E-state index is -0.727. The van der Waals surface area contributed by atoms with Crippen LogP contribution in [0.25, 0.3) is 0 Å². The fourth-order valence-electron chi connectivity index (χ4n) is 2.37. The number of nitro groups is 1. The third-order valence-electron chi connectivity index (χ3n) is 3.74. The van der Waals surface area contributed by atoms with Gasteiger partial charge in [0.15, 0.2) is 5.76 Å². The van der Waals surface area contributed by atoms with Crippen LogP contribution in [-0.2, 0) is 5.75 Å². The molecule has 2 amide bonds. The van der Waals surface area contributed by atoms with Crippen LogP contribution in [0, 0.1) is 15.9 Å². The van der Waals surface area contributed by atoms with Gasteiger partial charge in [0.1, 0.15) is 5.82 Å². The molecule has 0 saturated carbocycles. The Morgan fingerprint density at radius 3 is 2.55 bits per heavy atom. The van der Waals surface area contributed by atoms with Gasteiger partial charge in [0, 0.05) is 17.4 Å². The fraction of sp³-hybridized carbons (Fsp3) is 0.0526. The number of thioether (sulfide) groups is 1. The summed E-state index contributed by atoms with van der Waals surface area (Å²) in [6.45, 7) is 0. The van der Waals surface area contributed by atoms with Gasteiger partial charge in [-0.3, -0.25) is 30.6 Å². The Morgan fingerprint density at radius 1 is 1.07 bits per heavy atom. The van der Waals surface area contributed by atoms with Crippen LogP contribution in [0.2, 0.25) is 0 Å². The minimum Gasteiger partial charge on any atom is -0.459 e. The summed E-state index contributed by atoms with van der Waals surface area (Å²) in [5, 5.41) is 11.4. The number of furan rings is 1. The standard InChI is InChI=1S/C19H14FN3O5S/c20-14-4-1-3-12(9-14)11-29-17-7-6-13(10-15(17)23(26)27)18(24)21-22-19(25)16-5-2-8-28-16/h1-10H,11H2,(H,21,24)(H,22,25). The van der Waals surface area contributed by atoms with Gasteiger partial charge in [-0.05, 0) is 42.0 Å². The van der Waals surface area contributed by atoms with Crippen LogP contribution in [0.5, 0.6) is 0 Å². The van der Waals surface area contributed by atoms with Gasteiger partial charge in [0.05, 0.1) is 16.1 Å². The van der Waals surface area contributed by atoms with Crippen LogP contribution in [0.3, 0.4) is 0 Å². The number of carbonyl (C=O) groups is 2. The largest absolute Gasteiger partial charge is 0.459 e. The fourth-order valence-corrected chi connectivity index (χ4v) is 3.31. The van der Waals surface area contributed by atoms with E-state index in [0.29, 0.717) is 16.2 Å². The molecule has 0 spiro atoms. The lowest BCUT2D eigenvalue weighted by Crippen LogP contribution is -2.41. The average molecular weight is 415 g/mol. The lowest BCUT2D eigenvalue weighted by atomic mass is 10.2. The Kier molecular flexibility index (Phi) is 6.25. The van der Waals surface area contributed by atoms with Crippen molar-refractivity contribution in [2.24, 2.45) is 0 Å². The summed E-state index contributed by atoms with van der Waals surface area (Å²) in [4.78, 5) is 35.1. The van der Waals surface area contributed by atoms with Crippen LogP contribution in [-0.4, -0.2) is 16.7 Å². The quantitative estimate of drug-likeness (QED) is 0.360. The molecule has 2 N–H and O–H groups in total. The molecule has 0 aliphatic heterocycles. The molecular weight excluding hydrogens is 401 g/mol. The second-order valence-corrected chi connectivity index (χ2v) is 6.76. The van der Waals surface area contributed by atoms with E-state index in [1.54, 1.807) is 12.1 Å². The first-order valence-corrected chi connectivity index (χ1v) is 9.22. The minimum absolute atomic E-state index is 0.000349. The monoisotopic (exact) mass is 415 g/mol. The van der Waals surface area contributed by atoms with E-state index in [-0.39, 0.29) is 22.8 Å². The Balaban J connectivity index is 1.69. The van der Waals surface area contributed by atoms with Crippen LogP contribution in [0.4, 0.5) is 10.1 Å². The van der Waals surface area contributed by atoms with Crippen molar-refractivity contribution in [3.8, 4) is 0 Å². The second-order valence-electron chi connectivity index (χ2n) is 5.74. The maximum Gasteiger partial charge on any atom is 0.305 e. The molecule has 3 aromatic rings. The van der Waals surface area contributed by atoms with Crippen molar-refractivity contribution in [3.63, 3.8) is 0 Å². The predicted molar refractivity (Wildman–Crippen MR) is 103 cm³/mol. The zero-order valence-electron chi connectivity index (χ0n) is 14.8. The third-order valence-corrected chi connectivity index (χ3v) is 4.87. The molecule has 2 aromatic carbocycles. The van der Waals surface area contributed by atoms with Crippen molar-refractivity contribution in [3.05, 3.63) is 93.7 Å². The molecule has 3 rings (SSSR count). The Morgan fingerprint density at radius 2 is 1.86 bits per heavy atom. The number of nitro benzene ring substituents is 1. The predicted octanol–water partition coefficient (Wildman–Crippen LogP) is 3.69. The van der Waals surface area contributed by atoms with Crippen molar-refractivity contribution < 1.29 is 23.3 Å². The maximum atomic E-state index is 13.3. The number of carbonyl (C=O) groups excluding carboxylic acids is 2. The van der Waals surface area contributed by atoms with Crippen LogP contribution >= 0.6 is 11.8 Å². The molecule has 0 aliphatic carbocycles. The highest BCUT2D eigenvalue weighted by molar-refractivity contribution is 7.98. The first kappa shape index (κ1) is 20.1. The Bertz CT molecular complexity index is 1060. The SMILES string of the molecule is O=C(NNC(=O)c1ccco1)c1ccc(SCc2cccc(F)c2)c([N+](=O)[O-])c1. The number of hydrogen-bond donors (Lipinski definition) is 2. The first-order chi connectivity index (χ1) is 13.9. The molecule has 0 aliphatic rings. The highest BCUT2D eigenvalue weighted by atomic mass is 32.2. The summed E-state index contributed by atoms with van der Waals surface area (Å²) in [5.41, 5.74) is 4.72. The molecule has 1 aromatic heterocycles. The van der Waals surface area contributed by atoms with Crippen molar-refractivity contribution in [2.45, 2.75) is 10.6 Å². The van der Waals surface area contributed by atoms with E-state index < -0.39 is 16.7 Å². The van der Waals surface area contributed by atoms with Gasteiger partial charge < -0.3 is 4.42 Å². The summed E-state index contributed by atoms with van der Waals surface area (Å²) in [5.74, 6) is -1.46. The summed E-state index contributed by atoms with van der Waals surface area (Å²) >= 11 is 1.15. The van der Waals surface area contributed by atoms with E-state index in [9.17, 15) is 24.1 Å². The van der Waals surface area contributed by atoms with Crippen molar-refractivity contribution >= 4 is 29.3 Å². The lowest BCUT2D eigenvalue weighted by molar-refractivity contribution is -0.387. The summed E-state index contributed by atoms with van der Waals surface area (Å²) in [6.07, 6.45) is 1.31. The molecule has 0 radical (unpaired) electrons. The summed E-state index contributed by atoms with van der Waals surface area (Å²) < 4.78 is 18.2. The van der Waals surface area contributed by atoms with Gasteiger partial charge in [-0.2, -0.15) is 0 Å². The van der Waals surface area contributed by atoms with E-state index in [2.05, 4.69) is 10.9 Å². The molecule has 29 heavy (non-hydrogen) atoms. The number of hydrazine groups is 1. The van der Waals surface area contributed by atoms with Crippen molar-refractivity contribution in [1.82, 2.24) is 10.9 Å². The summed E-state index contributed by atoms with van der Waals surface area (Å²) in [7, 11) is 0. The van der Waals surface area contributed by atoms with Crippen molar-refractivity contribution in [2.75, 3.05) is 0 Å². The number of amides is 2. The number of nitrogens with one attached hydrogen (secondary N) is 2. The normalized spacial score (nSPS) is 10.4. The van der Waals surface area contributed by atoms with E-state index in [0.717, 1.165) is 17.8 Å². The molecule has 0 unspecified atom stereocenters. The van der Waals surface area contributed by atoms with Crippen LogP contribution in [0.15, 0.2) is 70.2 Å². The third kappa shape index (κ3) is 5.20. The molecule has 10 heteroatoms. The van der Waals surface area contributed by atoms with Gasteiger partial charge in [-0.25, -0.2) is 4.39 Å².